The molecule has 0 spiro atoms. The van der Waals surface area contributed by atoms with Gasteiger partial charge in [-0.1, -0.05) is 17.7 Å². The summed E-state index contributed by atoms with van der Waals surface area (Å²) in [5, 5.41) is 9.12. The van der Waals surface area contributed by atoms with E-state index in [2.05, 4.69) is 0 Å². The maximum absolute atomic E-state index is 13.2. The van der Waals surface area contributed by atoms with Gasteiger partial charge in [-0.15, -0.1) is 0 Å². The molecule has 0 aromatic heterocycles. The lowest BCUT2D eigenvalue weighted by atomic mass is 10.0. The van der Waals surface area contributed by atoms with Gasteiger partial charge in [-0.05, 0) is 24.3 Å². The molecule has 154 valence electrons. The van der Waals surface area contributed by atoms with Crippen LogP contribution in [0.2, 0.25) is 5.02 Å². The lowest BCUT2D eigenvalue weighted by Gasteiger charge is -2.27. The Morgan fingerprint density at radius 2 is 1.83 bits per heavy atom. The first-order chi connectivity index (χ1) is 13.7. The Hall–Kier alpha value is -3.07. The Kier molecular flexibility index (Phi) is 5.52. The Labute approximate surface area is 168 Å². The highest BCUT2D eigenvalue weighted by molar-refractivity contribution is 6.32. The Balaban J connectivity index is 2.04. The number of hydrogen-bond donors (Lipinski definition) is 1. The second kappa shape index (κ2) is 7.75. The monoisotopic (exact) mass is 430 g/mol. The molecule has 1 aliphatic heterocycles. The largest absolute Gasteiger partial charge is 0.493 e. The number of ether oxygens (including phenoxy) is 4. The number of methoxy groups -OCH3 is 2. The summed E-state index contributed by atoms with van der Waals surface area (Å²) in [4.78, 5) is 11.2. The van der Waals surface area contributed by atoms with Crippen LogP contribution in [-0.2, 0) is 4.79 Å². The fourth-order valence-electron chi connectivity index (χ4n) is 2.75. The molecule has 1 atom stereocenters. The molecule has 1 aliphatic rings. The first-order valence-corrected chi connectivity index (χ1v) is 8.44. The van der Waals surface area contributed by atoms with E-state index >= 15 is 0 Å². The summed E-state index contributed by atoms with van der Waals surface area (Å²) >= 11 is 6.18. The van der Waals surface area contributed by atoms with Gasteiger partial charge < -0.3 is 24.1 Å². The Bertz CT molecular complexity index is 987. The molecule has 0 bridgehead atoms. The number of halogens is 4. The van der Waals surface area contributed by atoms with Gasteiger partial charge in [0.2, 0.25) is 11.9 Å². The molecule has 0 saturated carbocycles. The van der Waals surface area contributed by atoms with Crippen molar-refractivity contribution in [3.8, 4) is 28.7 Å². The molecule has 0 amide bonds. The van der Waals surface area contributed by atoms with Gasteiger partial charge in [0.25, 0.3) is 0 Å². The molecule has 1 heterocycles. The first kappa shape index (κ1) is 20.7. The summed E-state index contributed by atoms with van der Waals surface area (Å²) in [6.45, 7) is 0. The number of alkyl halides is 3. The van der Waals surface area contributed by atoms with E-state index in [0.717, 1.165) is 12.1 Å². The van der Waals surface area contributed by atoms with Crippen LogP contribution in [0.1, 0.15) is 5.56 Å². The lowest BCUT2D eigenvalue weighted by Crippen LogP contribution is -2.40. The number of aliphatic carboxylic acids is 1. The average Bonchev–Trinajstić information content (AvgIpc) is 2.66. The zero-order valence-electron chi connectivity index (χ0n) is 15.0. The molecule has 6 nitrogen and oxygen atoms in total. The summed E-state index contributed by atoms with van der Waals surface area (Å²) in [7, 11) is 2.83. The minimum atomic E-state index is -4.92. The number of para-hydroxylation sites is 1. The van der Waals surface area contributed by atoms with Gasteiger partial charge in [0.05, 0.1) is 24.8 Å². The molecular weight excluding hydrogens is 417 g/mol. The minimum absolute atomic E-state index is 0.00920. The van der Waals surface area contributed by atoms with Gasteiger partial charge in [0, 0.05) is 11.6 Å². The van der Waals surface area contributed by atoms with E-state index in [4.69, 9.17) is 35.7 Å². The van der Waals surface area contributed by atoms with Crippen molar-refractivity contribution in [3.63, 3.8) is 0 Å². The topological polar surface area (TPSA) is 74.2 Å². The van der Waals surface area contributed by atoms with Crippen LogP contribution in [0.25, 0.3) is 6.08 Å². The van der Waals surface area contributed by atoms with Crippen molar-refractivity contribution >= 4 is 23.6 Å². The van der Waals surface area contributed by atoms with E-state index < -0.39 is 23.8 Å². The van der Waals surface area contributed by atoms with Gasteiger partial charge in [0.1, 0.15) is 11.5 Å². The van der Waals surface area contributed by atoms with Crippen LogP contribution in [0, 0.1) is 0 Å². The van der Waals surface area contributed by atoms with E-state index in [-0.39, 0.29) is 33.6 Å². The van der Waals surface area contributed by atoms with Gasteiger partial charge in [-0.2, -0.15) is 13.2 Å². The van der Waals surface area contributed by atoms with E-state index in [0.29, 0.717) is 5.75 Å². The summed E-state index contributed by atoms with van der Waals surface area (Å²) in [5.41, 5.74) is -0.859. The Morgan fingerprint density at radius 3 is 2.41 bits per heavy atom. The molecule has 2 aromatic carbocycles. The Morgan fingerprint density at radius 1 is 1.14 bits per heavy atom. The maximum atomic E-state index is 13.2. The quantitative estimate of drug-likeness (QED) is 0.724. The predicted octanol–water partition coefficient (Wildman–Crippen LogP) is 4.94. The molecule has 29 heavy (non-hydrogen) atoms. The number of rotatable bonds is 5. The molecule has 0 aliphatic carbocycles. The van der Waals surface area contributed by atoms with Crippen LogP contribution in [0.3, 0.4) is 0 Å². The number of carboxylic acid groups (broad SMARTS) is 1. The zero-order chi connectivity index (χ0) is 21.3. The van der Waals surface area contributed by atoms with Crippen LogP contribution in [0.15, 0.2) is 35.9 Å². The lowest BCUT2D eigenvalue weighted by molar-refractivity contribution is -0.187. The van der Waals surface area contributed by atoms with Crippen molar-refractivity contribution < 1.29 is 42.0 Å². The highest BCUT2D eigenvalue weighted by Gasteiger charge is 2.48. The normalized spacial score (nSPS) is 15.7. The number of fused-ring (bicyclic) bond motifs is 1. The fraction of sp³-hybridized carbons (Fsp3) is 0.211. The third-order valence-corrected chi connectivity index (χ3v) is 4.33. The fourth-order valence-corrected chi connectivity index (χ4v) is 2.96. The summed E-state index contributed by atoms with van der Waals surface area (Å²) in [5.74, 6) is -1.13. The molecule has 10 heteroatoms. The highest BCUT2D eigenvalue weighted by Crippen LogP contribution is 2.45. The SMILES string of the molecule is COc1cccc(Oc2cc3c(cc2Cl)C=C(C(=O)O)C(C(F)(F)F)O3)c1OC. The predicted molar refractivity (Wildman–Crippen MR) is 97.2 cm³/mol. The number of carboxylic acids is 1. The van der Waals surface area contributed by atoms with Crippen molar-refractivity contribution in [1.29, 1.82) is 0 Å². The van der Waals surface area contributed by atoms with Crippen molar-refractivity contribution in [2.75, 3.05) is 14.2 Å². The minimum Gasteiger partial charge on any atom is -0.493 e. The number of hydrogen-bond acceptors (Lipinski definition) is 5. The van der Waals surface area contributed by atoms with Crippen molar-refractivity contribution in [1.82, 2.24) is 0 Å². The van der Waals surface area contributed by atoms with Crippen molar-refractivity contribution in [2.24, 2.45) is 0 Å². The second-order valence-corrected chi connectivity index (χ2v) is 6.27. The van der Waals surface area contributed by atoms with Gasteiger partial charge in [-0.3, -0.25) is 0 Å². The van der Waals surface area contributed by atoms with Crippen LogP contribution in [0.5, 0.6) is 28.7 Å². The van der Waals surface area contributed by atoms with Crippen molar-refractivity contribution in [3.05, 3.63) is 46.5 Å². The summed E-state index contributed by atoms with van der Waals surface area (Å²) in [6.07, 6.45) is -6.66. The summed E-state index contributed by atoms with van der Waals surface area (Å²) < 4.78 is 60.8. The molecule has 3 rings (SSSR count). The number of benzene rings is 2. The van der Waals surface area contributed by atoms with E-state index in [9.17, 15) is 18.0 Å². The van der Waals surface area contributed by atoms with Gasteiger partial charge in [0.15, 0.2) is 11.5 Å². The molecule has 1 N–H and O–H groups in total. The third kappa shape index (κ3) is 4.04. The molecular formula is C19H14ClF3O6. The molecule has 0 radical (unpaired) electrons. The smallest absolute Gasteiger partial charge is 0.430 e. The van der Waals surface area contributed by atoms with Crippen molar-refractivity contribution in [2.45, 2.75) is 12.3 Å². The molecule has 2 aromatic rings. The van der Waals surface area contributed by atoms with E-state index in [1.807, 2.05) is 0 Å². The van der Waals surface area contributed by atoms with Crippen LogP contribution in [-0.4, -0.2) is 37.6 Å². The van der Waals surface area contributed by atoms with Crippen LogP contribution >= 0.6 is 11.6 Å². The zero-order valence-corrected chi connectivity index (χ0v) is 15.8. The van der Waals surface area contributed by atoms with E-state index in [1.165, 1.54) is 20.3 Å². The first-order valence-electron chi connectivity index (χ1n) is 8.06. The third-order valence-electron chi connectivity index (χ3n) is 4.03. The molecule has 0 saturated heterocycles. The highest BCUT2D eigenvalue weighted by atomic mass is 35.5. The van der Waals surface area contributed by atoms with Gasteiger partial charge >= 0.3 is 12.1 Å². The molecule has 1 unspecified atom stereocenters. The number of carbonyl (C=O) groups is 1. The molecule has 0 fully saturated rings. The van der Waals surface area contributed by atoms with Crippen LogP contribution in [0.4, 0.5) is 13.2 Å². The second-order valence-electron chi connectivity index (χ2n) is 5.86. The average molecular weight is 431 g/mol. The summed E-state index contributed by atoms with van der Waals surface area (Å²) in [6, 6.07) is 7.23. The van der Waals surface area contributed by atoms with Gasteiger partial charge in [-0.25, -0.2) is 4.79 Å². The standard InChI is InChI=1S/C19H14ClF3O6/c1-26-12-4-3-5-13(16(12)27-2)28-15-8-14-9(7-11(15)20)6-10(18(24)25)17(29-14)19(21,22)23/h3-8,17H,1-2H3,(H,24,25). The van der Waals surface area contributed by atoms with Crippen LogP contribution < -0.4 is 18.9 Å². The van der Waals surface area contributed by atoms with E-state index in [1.54, 1.807) is 18.2 Å². The maximum Gasteiger partial charge on any atom is 0.430 e.